The van der Waals surface area contributed by atoms with Crippen molar-refractivity contribution >= 4 is 9.84 Å². The summed E-state index contributed by atoms with van der Waals surface area (Å²) in [6.07, 6.45) is -5.41. The molecule has 9 heteroatoms. The third-order valence-corrected chi connectivity index (χ3v) is 5.96. The zero-order chi connectivity index (χ0) is 16.8. The monoisotopic (exact) mass is 334 g/mol. The smallest absolute Gasteiger partial charge is 0.308 e. The fourth-order valence-electron chi connectivity index (χ4n) is 2.36. The van der Waals surface area contributed by atoms with Crippen LogP contribution < -0.4 is 0 Å². The van der Waals surface area contributed by atoms with Crippen LogP contribution in [-0.2, 0) is 14.6 Å². The zero-order valence-electron chi connectivity index (χ0n) is 11.7. The number of aliphatic hydroxyl groups is 5. The quantitative estimate of drug-likeness (QED) is 0.426. The van der Waals surface area contributed by atoms with Gasteiger partial charge in [-0.3, -0.25) is 0 Å². The zero-order valence-corrected chi connectivity index (χ0v) is 12.5. The second-order valence-electron chi connectivity index (χ2n) is 5.32. The van der Waals surface area contributed by atoms with E-state index in [9.17, 15) is 28.8 Å². The largest absolute Gasteiger partial charge is 0.394 e. The van der Waals surface area contributed by atoms with E-state index in [0.29, 0.717) is 0 Å². The van der Waals surface area contributed by atoms with Crippen LogP contribution in [0.15, 0.2) is 35.2 Å². The first-order chi connectivity index (χ1) is 10.1. The van der Waals surface area contributed by atoms with Crippen LogP contribution in [0.25, 0.3) is 0 Å². The third-order valence-electron chi connectivity index (χ3n) is 3.83. The lowest BCUT2D eigenvalue weighted by Gasteiger charge is -2.50. The first kappa shape index (κ1) is 17.3. The molecule has 0 amide bonds. The second kappa shape index (κ2) is 5.53. The highest BCUT2D eigenvalue weighted by Gasteiger charge is 2.67. The van der Waals surface area contributed by atoms with E-state index in [1.807, 2.05) is 0 Å². The number of benzene rings is 1. The molecule has 0 radical (unpaired) electrons. The van der Waals surface area contributed by atoms with Crippen LogP contribution in [0.3, 0.4) is 0 Å². The van der Waals surface area contributed by atoms with E-state index in [4.69, 9.17) is 9.84 Å². The molecule has 0 unspecified atom stereocenters. The molecule has 1 aliphatic rings. The van der Waals surface area contributed by atoms with E-state index in [-0.39, 0.29) is 4.90 Å². The molecule has 1 aromatic rings. The summed E-state index contributed by atoms with van der Waals surface area (Å²) in [4.78, 5) is -0.349. The average molecular weight is 334 g/mol. The molecular weight excluding hydrogens is 316 g/mol. The van der Waals surface area contributed by atoms with Gasteiger partial charge in [0.2, 0.25) is 9.84 Å². The lowest BCUT2D eigenvalue weighted by atomic mass is 9.88. The van der Waals surface area contributed by atoms with Crippen LogP contribution in [0.4, 0.5) is 0 Å². The van der Waals surface area contributed by atoms with E-state index in [2.05, 4.69) is 0 Å². The van der Waals surface area contributed by atoms with Gasteiger partial charge in [0.1, 0.15) is 18.3 Å². The molecule has 0 saturated carbocycles. The van der Waals surface area contributed by atoms with Crippen molar-refractivity contribution in [2.24, 2.45) is 0 Å². The Hall–Kier alpha value is -1.07. The normalized spacial score (nSPS) is 39.6. The van der Waals surface area contributed by atoms with Crippen molar-refractivity contribution in [3.8, 4) is 0 Å². The van der Waals surface area contributed by atoms with E-state index in [0.717, 1.165) is 6.92 Å². The van der Waals surface area contributed by atoms with Crippen LogP contribution in [-0.4, -0.2) is 69.6 Å². The van der Waals surface area contributed by atoms with Gasteiger partial charge in [-0.15, -0.1) is 0 Å². The summed E-state index contributed by atoms with van der Waals surface area (Å²) in [6.45, 7) is -0.0318. The molecule has 124 valence electrons. The number of ether oxygens (including phenoxy) is 1. The van der Waals surface area contributed by atoms with E-state index in [1.54, 1.807) is 6.07 Å². The standard InChI is InChI=1S/C13H18O8S/c1-12(17)11(16)10(15)9(7-14)21-13(12,18)22(19,20)8-5-3-2-4-6-8/h2-6,9-11,14-18H,7H2,1H3/t9-,10-,11+,12+,13-/m1/s1. The van der Waals surface area contributed by atoms with E-state index < -0.39 is 45.5 Å². The summed E-state index contributed by atoms with van der Waals surface area (Å²) in [6, 6.07) is 6.72. The van der Waals surface area contributed by atoms with Gasteiger partial charge >= 0.3 is 5.12 Å². The number of sulfone groups is 1. The van der Waals surface area contributed by atoms with Gasteiger partial charge in [-0.2, -0.15) is 0 Å². The lowest BCUT2D eigenvalue weighted by Crippen LogP contribution is -2.74. The first-order valence-corrected chi connectivity index (χ1v) is 7.97. The maximum absolute atomic E-state index is 12.6. The summed E-state index contributed by atoms with van der Waals surface area (Å²) in [5, 5.41) is 46.4. The van der Waals surface area contributed by atoms with Gasteiger partial charge in [-0.1, -0.05) is 18.2 Å². The van der Waals surface area contributed by atoms with Crippen molar-refractivity contribution in [2.45, 2.75) is 40.9 Å². The molecule has 2 rings (SSSR count). The van der Waals surface area contributed by atoms with Gasteiger partial charge in [0.25, 0.3) is 0 Å². The molecule has 22 heavy (non-hydrogen) atoms. The molecule has 5 atom stereocenters. The Balaban J connectivity index is 2.59. The molecule has 1 heterocycles. The van der Waals surface area contributed by atoms with Crippen LogP contribution >= 0.6 is 0 Å². The molecular formula is C13H18O8S. The van der Waals surface area contributed by atoms with Crippen LogP contribution in [0.1, 0.15) is 6.92 Å². The Morgan fingerprint density at radius 2 is 1.73 bits per heavy atom. The van der Waals surface area contributed by atoms with Crippen molar-refractivity contribution in [1.82, 2.24) is 0 Å². The SMILES string of the molecule is C[C@]1(O)[C@@H](O)[C@H](O)[C@@H](CO)O[C@@]1(O)S(=O)(=O)c1ccccc1. The highest BCUT2D eigenvalue weighted by molar-refractivity contribution is 7.92. The van der Waals surface area contributed by atoms with Gasteiger partial charge in [0.15, 0.2) is 5.60 Å². The lowest BCUT2D eigenvalue weighted by molar-refractivity contribution is -0.345. The molecule has 1 aromatic carbocycles. The predicted molar refractivity (Wildman–Crippen MR) is 73.2 cm³/mol. The Bertz CT molecular complexity index is 629. The Morgan fingerprint density at radius 3 is 2.23 bits per heavy atom. The number of hydrogen-bond donors (Lipinski definition) is 5. The Morgan fingerprint density at radius 1 is 1.18 bits per heavy atom. The number of rotatable bonds is 3. The van der Waals surface area contributed by atoms with Gasteiger partial charge in [0.05, 0.1) is 11.5 Å². The highest BCUT2D eigenvalue weighted by Crippen LogP contribution is 2.42. The van der Waals surface area contributed by atoms with Crippen molar-refractivity contribution in [2.75, 3.05) is 6.61 Å². The third kappa shape index (κ3) is 2.26. The van der Waals surface area contributed by atoms with Crippen molar-refractivity contribution < 1.29 is 38.7 Å². The molecule has 0 aromatic heterocycles. The molecule has 1 saturated heterocycles. The molecule has 8 nitrogen and oxygen atoms in total. The highest BCUT2D eigenvalue weighted by atomic mass is 32.2. The van der Waals surface area contributed by atoms with Crippen LogP contribution in [0.5, 0.6) is 0 Å². The van der Waals surface area contributed by atoms with Crippen molar-refractivity contribution in [1.29, 1.82) is 0 Å². The summed E-state index contributed by atoms with van der Waals surface area (Å²) in [5.41, 5.74) is -2.73. The molecule has 0 bridgehead atoms. The van der Waals surface area contributed by atoms with Gasteiger partial charge in [-0.05, 0) is 19.1 Å². The summed E-state index contributed by atoms with van der Waals surface area (Å²) < 4.78 is 30.2. The average Bonchev–Trinajstić information content (AvgIpc) is 2.50. The topological polar surface area (TPSA) is 145 Å². The maximum atomic E-state index is 12.6. The Labute approximate surface area is 127 Å². The maximum Gasteiger partial charge on any atom is 0.308 e. The molecule has 5 N–H and O–H groups in total. The van der Waals surface area contributed by atoms with Crippen molar-refractivity contribution in [3.05, 3.63) is 30.3 Å². The summed E-state index contributed by atoms with van der Waals surface area (Å²) >= 11 is 0. The van der Waals surface area contributed by atoms with Crippen LogP contribution in [0, 0.1) is 0 Å². The summed E-state index contributed by atoms with van der Waals surface area (Å²) in [7, 11) is -4.67. The van der Waals surface area contributed by atoms with Crippen molar-refractivity contribution in [3.63, 3.8) is 0 Å². The molecule has 1 fully saturated rings. The first-order valence-electron chi connectivity index (χ1n) is 6.49. The number of hydrogen-bond acceptors (Lipinski definition) is 8. The van der Waals surface area contributed by atoms with E-state index in [1.165, 1.54) is 24.3 Å². The van der Waals surface area contributed by atoms with Gasteiger partial charge < -0.3 is 30.3 Å². The molecule has 1 aliphatic heterocycles. The van der Waals surface area contributed by atoms with Gasteiger partial charge in [0, 0.05) is 0 Å². The van der Waals surface area contributed by atoms with E-state index >= 15 is 0 Å². The fourth-order valence-corrected chi connectivity index (χ4v) is 4.11. The minimum Gasteiger partial charge on any atom is -0.394 e. The van der Waals surface area contributed by atoms with Gasteiger partial charge in [-0.25, -0.2) is 8.42 Å². The summed E-state index contributed by atoms with van der Waals surface area (Å²) in [5.74, 6) is 0. The minimum atomic E-state index is -4.67. The fraction of sp³-hybridized carbons (Fsp3) is 0.538. The van der Waals surface area contributed by atoms with Crippen LogP contribution in [0.2, 0.25) is 0 Å². The molecule has 0 aliphatic carbocycles. The minimum absolute atomic E-state index is 0.349. The second-order valence-corrected chi connectivity index (χ2v) is 7.35. The molecule has 0 spiro atoms. The Kier molecular flexibility index (Phi) is 4.35. The predicted octanol–water partition coefficient (Wildman–Crippen LogP) is -2.03. The number of aliphatic hydroxyl groups excluding tert-OH is 3.